The molecule has 3 aromatic rings. The van der Waals surface area contributed by atoms with Gasteiger partial charge < -0.3 is 14.9 Å². The molecular formula is C23H21Cl3N2O2. The van der Waals surface area contributed by atoms with Crippen molar-refractivity contribution >= 4 is 41.0 Å². The summed E-state index contributed by atoms with van der Waals surface area (Å²) in [6, 6.07) is 18.6. The van der Waals surface area contributed by atoms with E-state index in [1.807, 2.05) is 55.5 Å². The van der Waals surface area contributed by atoms with Crippen molar-refractivity contribution in [1.29, 1.82) is 0 Å². The summed E-state index contributed by atoms with van der Waals surface area (Å²) in [4.78, 5) is 0. The van der Waals surface area contributed by atoms with Gasteiger partial charge in [0.05, 0.1) is 19.4 Å². The Balaban J connectivity index is 1.62. The molecule has 30 heavy (non-hydrogen) atoms. The minimum atomic E-state index is 0.312. The zero-order valence-corrected chi connectivity index (χ0v) is 18.6. The molecule has 0 fully saturated rings. The second-order valence-corrected chi connectivity index (χ2v) is 7.66. The first kappa shape index (κ1) is 22.3. The van der Waals surface area contributed by atoms with Gasteiger partial charge in [-0.05, 0) is 60.5 Å². The molecule has 0 aliphatic heterocycles. The third-order valence-electron chi connectivity index (χ3n) is 4.17. The van der Waals surface area contributed by atoms with Crippen LogP contribution in [0.3, 0.4) is 0 Å². The van der Waals surface area contributed by atoms with E-state index in [-0.39, 0.29) is 0 Å². The molecule has 0 aliphatic carbocycles. The van der Waals surface area contributed by atoms with Gasteiger partial charge in [0.1, 0.15) is 6.61 Å². The molecular weight excluding hydrogens is 443 g/mol. The zero-order valence-electron chi connectivity index (χ0n) is 16.4. The number of benzene rings is 3. The Morgan fingerprint density at radius 1 is 0.867 bits per heavy atom. The van der Waals surface area contributed by atoms with Crippen molar-refractivity contribution < 1.29 is 9.47 Å². The SMILES string of the molecule is CCOc1cc(/C=N\NCc2ccc(Cl)cc2)ccc1OCc1ccc(Cl)cc1Cl. The summed E-state index contributed by atoms with van der Waals surface area (Å²) in [7, 11) is 0. The molecule has 7 heteroatoms. The number of hydrogen-bond donors (Lipinski definition) is 1. The molecule has 0 aromatic heterocycles. The van der Waals surface area contributed by atoms with Gasteiger partial charge in [-0.15, -0.1) is 0 Å². The maximum atomic E-state index is 6.22. The number of hydrogen-bond acceptors (Lipinski definition) is 4. The molecule has 0 unspecified atom stereocenters. The number of halogens is 3. The van der Waals surface area contributed by atoms with E-state index < -0.39 is 0 Å². The highest BCUT2D eigenvalue weighted by Gasteiger charge is 2.08. The predicted octanol–water partition coefficient (Wildman–Crippen LogP) is 6.75. The van der Waals surface area contributed by atoms with E-state index >= 15 is 0 Å². The lowest BCUT2D eigenvalue weighted by molar-refractivity contribution is 0.269. The lowest BCUT2D eigenvalue weighted by Crippen LogP contribution is -2.05. The van der Waals surface area contributed by atoms with Crippen LogP contribution < -0.4 is 14.9 Å². The van der Waals surface area contributed by atoms with Gasteiger partial charge >= 0.3 is 0 Å². The maximum absolute atomic E-state index is 6.22. The van der Waals surface area contributed by atoms with E-state index in [4.69, 9.17) is 44.3 Å². The molecule has 0 saturated carbocycles. The molecule has 3 rings (SSSR count). The lowest BCUT2D eigenvalue weighted by atomic mass is 10.2. The number of ether oxygens (including phenoxy) is 2. The van der Waals surface area contributed by atoms with Gasteiger partial charge in [0.25, 0.3) is 0 Å². The van der Waals surface area contributed by atoms with Gasteiger partial charge in [-0.3, -0.25) is 0 Å². The third kappa shape index (κ3) is 6.56. The van der Waals surface area contributed by atoms with E-state index in [9.17, 15) is 0 Å². The summed E-state index contributed by atoms with van der Waals surface area (Å²) in [5.41, 5.74) is 5.85. The Kier molecular flexibility index (Phi) is 8.26. The molecule has 0 saturated heterocycles. The predicted molar refractivity (Wildman–Crippen MR) is 124 cm³/mol. The lowest BCUT2D eigenvalue weighted by Gasteiger charge is -2.13. The average Bonchev–Trinajstić information content (AvgIpc) is 2.73. The van der Waals surface area contributed by atoms with Crippen LogP contribution in [-0.4, -0.2) is 12.8 Å². The highest BCUT2D eigenvalue weighted by atomic mass is 35.5. The minimum absolute atomic E-state index is 0.312. The largest absolute Gasteiger partial charge is 0.490 e. The summed E-state index contributed by atoms with van der Waals surface area (Å²) in [6.45, 7) is 3.36. The van der Waals surface area contributed by atoms with E-state index in [1.165, 1.54) is 0 Å². The Bertz CT molecular complexity index is 1010. The number of rotatable bonds is 9. The van der Waals surface area contributed by atoms with Gasteiger partial charge in [0, 0.05) is 20.6 Å². The number of hydrazone groups is 1. The summed E-state index contributed by atoms with van der Waals surface area (Å²) in [5, 5.41) is 6.14. The average molecular weight is 464 g/mol. The molecule has 3 aromatic carbocycles. The van der Waals surface area contributed by atoms with Crippen molar-refractivity contribution in [3.63, 3.8) is 0 Å². The molecule has 0 bridgehead atoms. The van der Waals surface area contributed by atoms with Crippen LogP contribution in [0.15, 0.2) is 65.8 Å². The topological polar surface area (TPSA) is 42.8 Å². The Morgan fingerprint density at radius 2 is 1.63 bits per heavy atom. The fourth-order valence-electron chi connectivity index (χ4n) is 2.65. The zero-order chi connectivity index (χ0) is 21.3. The normalized spacial score (nSPS) is 10.9. The van der Waals surface area contributed by atoms with Crippen LogP contribution >= 0.6 is 34.8 Å². The number of nitrogens with zero attached hydrogens (tertiary/aromatic N) is 1. The van der Waals surface area contributed by atoms with Crippen LogP contribution in [0.1, 0.15) is 23.6 Å². The van der Waals surface area contributed by atoms with E-state index in [0.29, 0.717) is 46.3 Å². The molecule has 0 amide bonds. The summed E-state index contributed by atoms with van der Waals surface area (Å²) in [5.74, 6) is 1.28. The molecule has 1 N–H and O–H groups in total. The van der Waals surface area contributed by atoms with Crippen LogP contribution in [-0.2, 0) is 13.2 Å². The summed E-state index contributed by atoms with van der Waals surface area (Å²) < 4.78 is 11.6. The van der Waals surface area contributed by atoms with Gasteiger partial charge in [-0.2, -0.15) is 5.10 Å². The molecule has 0 aliphatic rings. The van der Waals surface area contributed by atoms with Gasteiger partial charge in [-0.1, -0.05) is 53.0 Å². The standard InChI is InChI=1S/C23H21Cl3N2O2/c1-2-29-23-11-17(14-28-27-13-16-3-7-19(24)8-4-16)5-10-22(23)30-15-18-6-9-20(25)12-21(18)26/h3-12,14,27H,2,13,15H2,1H3/b28-14-. The molecule has 0 atom stereocenters. The van der Waals surface area contributed by atoms with Crippen LogP contribution in [0.5, 0.6) is 11.5 Å². The highest BCUT2D eigenvalue weighted by Crippen LogP contribution is 2.30. The Morgan fingerprint density at radius 3 is 2.37 bits per heavy atom. The van der Waals surface area contributed by atoms with Crippen LogP contribution in [0, 0.1) is 0 Å². The van der Waals surface area contributed by atoms with Crippen LogP contribution in [0.2, 0.25) is 15.1 Å². The second-order valence-electron chi connectivity index (χ2n) is 6.38. The summed E-state index contributed by atoms with van der Waals surface area (Å²) >= 11 is 18.1. The van der Waals surface area contributed by atoms with Crippen molar-refractivity contribution in [3.05, 3.63) is 92.4 Å². The van der Waals surface area contributed by atoms with Crippen molar-refractivity contribution in [3.8, 4) is 11.5 Å². The first-order chi connectivity index (χ1) is 14.5. The third-order valence-corrected chi connectivity index (χ3v) is 5.01. The Labute approximate surface area is 191 Å². The quantitative estimate of drug-likeness (QED) is 0.282. The van der Waals surface area contributed by atoms with Crippen molar-refractivity contribution in [1.82, 2.24) is 5.43 Å². The Hall–Kier alpha value is -2.40. The molecule has 156 valence electrons. The molecule has 0 spiro atoms. The monoisotopic (exact) mass is 462 g/mol. The van der Waals surface area contributed by atoms with Gasteiger partial charge in [0.2, 0.25) is 0 Å². The first-order valence-corrected chi connectivity index (χ1v) is 10.5. The molecule has 0 radical (unpaired) electrons. The second kappa shape index (κ2) is 11.1. The van der Waals surface area contributed by atoms with Crippen molar-refractivity contribution in [2.45, 2.75) is 20.1 Å². The van der Waals surface area contributed by atoms with Gasteiger partial charge in [0.15, 0.2) is 11.5 Å². The van der Waals surface area contributed by atoms with Gasteiger partial charge in [-0.25, -0.2) is 0 Å². The maximum Gasteiger partial charge on any atom is 0.161 e. The van der Waals surface area contributed by atoms with E-state index in [1.54, 1.807) is 18.3 Å². The minimum Gasteiger partial charge on any atom is -0.490 e. The fraction of sp³-hybridized carbons (Fsp3) is 0.174. The van der Waals surface area contributed by atoms with Crippen LogP contribution in [0.25, 0.3) is 0 Å². The van der Waals surface area contributed by atoms with Crippen molar-refractivity contribution in [2.75, 3.05) is 6.61 Å². The molecule has 4 nitrogen and oxygen atoms in total. The summed E-state index contributed by atoms with van der Waals surface area (Å²) in [6.07, 6.45) is 1.73. The van der Waals surface area contributed by atoms with Crippen LogP contribution in [0.4, 0.5) is 0 Å². The first-order valence-electron chi connectivity index (χ1n) is 9.39. The van der Waals surface area contributed by atoms with Crippen molar-refractivity contribution in [2.24, 2.45) is 5.10 Å². The molecule has 0 heterocycles. The highest BCUT2D eigenvalue weighted by molar-refractivity contribution is 6.35. The number of nitrogens with one attached hydrogen (secondary N) is 1. The van der Waals surface area contributed by atoms with E-state index in [0.717, 1.165) is 16.7 Å². The smallest absolute Gasteiger partial charge is 0.161 e. The fourth-order valence-corrected chi connectivity index (χ4v) is 3.24. The van der Waals surface area contributed by atoms with E-state index in [2.05, 4.69) is 10.5 Å².